The zero-order valence-corrected chi connectivity index (χ0v) is 14.7. The lowest BCUT2D eigenvalue weighted by Crippen LogP contribution is -2.48. The van der Waals surface area contributed by atoms with E-state index in [1.165, 1.54) is 0 Å². The SMILES string of the molecule is CCC(=O)N1CCN(c2ccc(Cl)cc2NC(=O)C(C)C)CC1. The van der Waals surface area contributed by atoms with E-state index >= 15 is 0 Å². The van der Waals surface area contributed by atoms with Crippen molar-refractivity contribution in [3.63, 3.8) is 0 Å². The fourth-order valence-corrected chi connectivity index (χ4v) is 2.75. The molecule has 126 valence electrons. The van der Waals surface area contributed by atoms with Crippen LogP contribution in [0.4, 0.5) is 11.4 Å². The van der Waals surface area contributed by atoms with Crippen LogP contribution in [0.5, 0.6) is 0 Å². The number of piperazine rings is 1. The molecule has 0 aliphatic carbocycles. The Morgan fingerprint density at radius 2 is 1.87 bits per heavy atom. The second kappa shape index (κ2) is 7.68. The molecule has 0 atom stereocenters. The summed E-state index contributed by atoms with van der Waals surface area (Å²) in [6.45, 7) is 8.49. The number of hydrogen-bond acceptors (Lipinski definition) is 3. The third-order valence-electron chi connectivity index (χ3n) is 4.02. The van der Waals surface area contributed by atoms with Gasteiger partial charge in [0.25, 0.3) is 0 Å². The zero-order chi connectivity index (χ0) is 17.0. The molecule has 1 saturated heterocycles. The van der Waals surface area contributed by atoms with Gasteiger partial charge in [0, 0.05) is 43.5 Å². The summed E-state index contributed by atoms with van der Waals surface area (Å²) < 4.78 is 0. The molecule has 0 saturated carbocycles. The van der Waals surface area contributed by atoms with E-state index in [2.05, 4.69) is 10.2 Å². The minimum absolute atomic E-state index is 0.0340. The third kappa shape index (κ3) is 4.38. The first-order valence-corrected chi connectivity index (χ1v) is 8.43. The molecule has 0 unspecified atom stereocenters. The molecule has 1 fully saturated rings. The Morgan fingerprint density at radius 1 is 1.22 bits per heavy atom. The van der Waals surface area contributed by atoms with E-state index in [4.69, 9.17) is 11.6 Å². The largest absolute Gasteiger partial charge is 0.366 e. The standard InChI is InChI=1S/C17H24ClN3O2/c1-4-16(22)21-9-7-20(8-10-21)15-6-5-13(18)11-14(15)19-17(23)12(2)3/h5-6,11-12H,4,7-10H2,1-3H3,(H,19,23). The van der Waals surface area contributed by atoms with Crippen molar-refractivity contribution in [1.82, 2.24) is 4.90 Å². The molecule has 1 aliphatic rings. The van der Waals surface area contributed by atoms with Gasteiger partial charge in [-0.15, -0.1) is 0 Å². The molecule has 2 amide bonds. The van der Waals surface area contributed by atoms with E-state index in [9.17, 15) is 9.59 Å². The third-order valence-corrected chi connectivity index (χ3v) is 4.25. The van der Waals surface area contributed by atoms with Gasteiger partial charge in [0.1, 0.15) is 0 Å². The smallest absolute Gasteiger partial charge is 0.226 e. The van der Waals surface area contributed by atoms with Gasteiger partial charge in [-0.05, 0) is 18.2 Å². The second-order valence-electron chi connectivity index (χ2n) is 6.03. The van der Waals surface area contributed by atoms with Crippen LogP contribution in [-0.4, -0.2) is 42.9 Å². The number of benzene rings is 1. The van der Waals surface area contributed by atoms with Crippen LogP contribution in [0.3, 0.4) is 0 Å². The number of hydrogen-bond donors (Lipinski definition) is 1. The van der Waals surface area contributed by atoms with Gasteiger partial charge in [-0.1, -0.05) is 32.4 Å². The highest BCUT2D eigenvalue weighted by molar-refractivity contribution is 6.31. The van der Waals surface area contributed by atoms with Crippen LogP contribution < -0.4 is 10.2 Å². The molecule has 0 radical (unpaired) electrons. The first-order valence-electron chi connectivity index (χ1n) is 8.05. The minimum atomic E-state index is -0.0964. The first kappa shape index (κ1) is 17.6. The monoisotopic (exact) mass is 337 g/mol. The number of halogens is 1. The van der Waals surface area contributed by atoms with Crippen molar-refractivity contribution in [2.75, 3.05) is 36.4 Å². The van der Waals surface area contributed by atoms with Gasteiger partial charge in [-0.2, -0.15) is 0 Å². The van der Waals surface area contributed by atoms with E-state index in [-0.39, 0.29) is 17.7 Å². The molecule has 1 N–H and O–H groups in total. The molecular weight excluding hydrogens is 314 g/mol. The molecule has 1 aliphatic heterocycles. The molecule has 0 spiro atoms. The van der Waals surface area contributed by atoms with E-state index in [1.807, 2.05) is 37.8 Å². The highest BCUT2D eigenvalue weighted by Gasteiger charge is 2.22. The fourth-order valence-electron chi connectivity index (χ4n) is 2.58. The number of nitrogens with zero attached hydrogens (tertiary/aromatic N) is 2. The van der Waals surface area contributed by atoms with Gasteiger partial charge >= 0.3 is 0 Å². The molecular formula is C17H24ClN3O2. The van der Waals surface area contributed by atoms with Gasteiger partial charge in [-0.3, -0.25) is 9.59 Å². The topological polar surface area (TPSA) is 52.7 Å². The lowest BCUT2D eigenvalue weighted by atomic mass is 10.1. The molecule has 1 aromatic rings. The summed E-state index contributed by atoms with van der Waals surface area (Å²) in [5.41, 5.74) is 1.68. The molecule has 6 heteroatoms. The molecule has 1 aromatic carbocycles. The van der Waals surface area contributed by atoms with Crippen molar-refractivity contribution in [2.24, 2.45) is 5.92 Å². The molecule has 1 heterocycles. The number of amides is 2. The van der Waals surface area contributed by atoms with Crippen LogP contribution in [0, 0.1) is 5.92 Å². The van der Waals surface area contributed by atoms with Crippen molar-refractivity contribution in [3.8, 4) is 0 Å². The van der Waals surface area contributed by atoms with Crippen molar-refractivity contribution in [1.29, 1.82) is 0 Å². The maximum absolute atomic E-state index is 12.0. The summed E-state index contributed by atoms with van der Waals surface area (Å²) in [6, 6.07) is 5.53. The number of nitrogens with one attached hydrogen (secondary N) is 1. The number of rotatable bonds is 4. The van der Waals surface area contributed by atoms with Crippen LogP contribution in [0.2, 0.25) is 5.02 Å². The van der Waals surface area contributed by atoms with Crippen LogP contribution >= 0.6 is 11.6 Å². The Bertz CT molecular complexity index is 581. The van der Waals surface area contributed by atoms with Crippen molar-refractivity contribution in [2.45, 2.75) is 27.2 Å². The lowest BCUT2D eigenvalue weighted by Gasteiger charge is -2.37. The maximum Gasteiger partial charge on any atom is 0.226 e. The molecule has 23 heavy (non-hydrogen) atoms. The Labute approximate surface area is 142 Å². The van der Waals surface area contributed by atoms with Crippen molar-refractivity contribution in [3.05, 3.63) is 23.2 Å². The summed E-state index contributed by atoms with van der Waals surface area (Å²) in [7, 11) is 0. The zero-order valence-electron chi connectivity index (χ0n) is 13.9. The van der Waals surface area contributed by atoms with Crippen LogP contribution in [0.1, 0.15) is 27.2 Å². The minimum Gasteiger partial charge on any atom is -0.366 e. The Hall–Kier alpha value is -1.75. The van der Waals surface area contributed by atoms with Gasteiger partial charge in [0.15, 0.2) is 0 Å². The van der Waals surface area contributed by atoms with Gasteiger partial charge < -0.3 is 15.1 Å². The second-order valence-corrected chi connectivity index (χ2v) is 6.46. The van der Waals surface area contributed by atoms with E-state index in [0.29, 0.717) is 24.5 Å². The average molecular weight is 338 g/mol. The lowest BCUT2D eigenvalue weighted by molar-refractivity contribution is -0.131. The number of anilines is 2. The van der Waals surface area contributed by atoms with E-state index in [0.717, 1.165) is 24.5 Å². The van der Waals surface area contributed by atoms with Crippen LogP contribution in [0.15, 0.2) is 18.2 Å². The first-order chi connectivity index (χ1) is 10.9. The van der Waals surface area contributed by atoms with Crippen molar-refractivity contribution >= 4 is 34.8 Å². The molecule has 0 bridgehead atoms. The van der Waals surface area contributed by atoms with Crippen LogP contribution in [-0.2, 0) is 9.59 Å². The normalized spacial score (nSPS) is 15.0. The highest BCUT2D eigenvalue weighted by atomic mass is 35.5. The van der Waals surface area contributed by atoms with Gasteiger partial charge in [0.05, 0.1) is 11.4 Å². The molecule has 5 nitrogen and oxygen atoms in total. The van der Waals surface area contributed by atoms with E-state index < -0.39 is 0 Å². The molecule has 2 rings (SSSR count). The predicted octanol–water partition coefficient (Wildman–Crippen LogP) is 2.99. The summed E-state index contributed by atoms with van der Waals surface area (Å²) >= 11 is 6.08. The summed E-state index contributed by atoms with van der Waals surface area (Å²) in [5.74, 6) is 0.0586. The van der Waals surface area contributed by atoms with Gasteiger partial charge in [-0.25, -0.2) is 0 Å². The Morgan fingerprint density at radius 3 is 2.43 bits per heavy atom. The Kier molecular flexibility index (Phi) is 5.88. The van der Waals surface area contributed by atoms with Gasteiger partial charge in [0.2, 0.25) is 11.8 Å². The average Bonchev–Trinajstić information content (AvgIpc) is 2.54. The number of carbonyl (C=O) groups is 2. The number of carbonyl (C=O) groups excluding carboxylic acids is 2. The summed E-state index contributed by atoms with van der Waals surface area (Å²) in [4.78, 5) is 27.9. The van der Waals surface area contributed by atoms with E-state index in [1.54, 1.807) is 6.07 Å². The van der Waals surface area contributed by atoms with Crippen LogP contribution in [0.25, 0.3) is 0 Å². The highest BCUT2D eigenvalue weighted by Crippen LogP contribution is 2.30. The summed E-state index contributed by atoms with van der Waals surface area (Å²) in [6.07, 6.45) is 0.538. The Balaban J connectivity index is 2.14. The quantitative estimate of drug-likeness (QED) is 0.919. The molecule has 0 aromatic heterocycles. The fraction of sp³-hybridized carbons (Fsp3) is 0.529. The maximum atomic E-state index is 12.0. The summed E-state index contributed by atoms with van der Waals surface area (Å²) in [5, 5.41) is 3.54. The predicted molar refractivity (Wildman–Crippen MR) is 94.0 cm³/mol. The van der Waals surface area contributed by atoms with Crippen molar-refractivity contribution < 1.29 is 9.59 Å².